The maximum Gasteiger partial charge on any atom is 0.141 e. The Labute approximate surface area is 119 Å². The van der Waals surface area contributed by atoms with Gasteiger partial charge in [0.25, 0.3) is 0 Å². The minimum Gasteiger partial charge on any atom is -0.495 e. The first-order chi connectivity index (χ1) is 9.86. The molecule has 0 heterocycles. The van der Waals surface area contributed by atoms with E-state index in [1.54, 1.807) is 7.11 Å². The number of benzene rings is 3. The third kappa shape index (κ3) is 2.59. The summed E-state index contributed by atoms with van der Waals surface area (Å²) in [5.74, 6) is 0.869. The van der Waals surface area contributed by atoms with E-state index in [9.17, 15) is 0 Å². The smallest absolute Gasteiger partial charge is 0.141 e. The molecule has 3 rings (SSSR count). The third-order valence-corrected chi connectivity index (χ3v) is 3.40. The third-order valence-electron chi connectivity index (χ3n) is 3.40. The molecule has 0 aliphatic carbocycles. The van der Waals surface area contributed by atoms with E-state index in [0.717, 1.165) is 18.0 Å². The van der Waals surface area contributed by atoms with Gasteiger partial charge in [-0.05, 0) is 34.5 Å². The number of hydrogen-bond acceptors (Lipinski definition) is 2. The van der Waals surface area contributed by atoms with Crippen LogP contribution in [-0.2, 0) is 6.54 Å². The van der Waals surface area contributed by atoms with Gasteiger partial charge >= 0.3 is 0 Å². The Morgan fingerprint density at radius 2 is 1.60 bits per heavy atom. The summed E-state index contributed by atoms with van der Waals surface area (Å²) in [6.07, 6.45) is 0. The van der Waals surface area contributed by atoms with Gasteiger partial charge in [-0.15, -0.1) is 0 Å². The molecule has 20 heavy (non-hydrogen) atoms. The summed E-state index contributed by atoms with van der Waals surface area (Å²) in [7, 11) is 1.69. The van der Waals surface area contributed by atoms with E-state index >= 15 is 0 Å². The number of ether oxygens (including phenoxy) is 1. The molecule has 0 bridgehead atoms. The predicted molar refractivity (Wildman–Crippen MR) is 84.3 cm³/mol. The van der Waals surface area contributed by atoms with E-state index in [4.69, 9.17) is 4.74 Å². The van der Waals surface area contributed by atoms with E-state index in [2.05, 4.69) is 47.8 Å². The summed E-state index contributed by atoms with van der Waals surface area (Å²) in [5, 5.41) is 5.96. The second-order valence-corrected chi connectivity index (χ2v) is 4.74. The molecule has 0 saturated heterocycles. The van der Waals surface area contributed by atoms with Crippen LogP contribution in [0.5, 0.6) is 5.75 Å². The highest BCUT2D eigenvalue weighted by Crippen LogP contribution is 2.24. The second kappa shape index (κ2) is 5.66. The van der Waals surface area contributed by atoms with Crippen LogP contribution in [0.2, 0.25) is 0 Å². The Morgan fingerprint density at radius 3 is 2.45 bits per heavy atom. The van der Waals surface area contributed by atoms with Crippen LogP contribution in [0.4, 0.5) is 5.69 Å². The fourth-order valence-electron chi connectivity index (χ4n) is 2.34. The molecule has 2 nitrogen and oxygen atoms in total. The number of anilines is 1. The Balaban J connectivity index is 1.79. The van der Waals surface area contributed by atoms with Crippen molar-refractivity contribution in [2.45, 2.75) is 6.54 Å². The zero-order chi connectivity index (χ0) is 13.8. The Hall–Kier alpha value is -2.48. The number of rotatable bonds is 4. The number of para-hydroxylation sites is 2. The molecule has 0 amide bonds. The van der Waals surface area contributed by atoms with Crippen molar-refractivity contribution in [3.05, 3.63) is 72.3 Å². The van der Waals surface area contributed by atoms with Gasteiger partial charge in [-0.2, -0.15) is 0 Å². The highest BCUT2D eigenvalue weighted by Gasteiger charge is 2.01. The lowest BCUT2D eigenvalue weighted by molar-refractivity contribution is 0.416. The highest BCUT2D eigenvalue weighted by atomic mass is 16.5. The van der Waals surface area contributed by atoms with Crippen molar-refractivity contribution >= 4 is 16.5 Å². The molecule has 0 radical (unpaired) electrons. The van der Waals surface area contributed by atoms with Crippen molar-refractivity contribution in [1.82, 2.24) is 0 Å². The molecular weight excluding hydrogens is 246 g/mol. The van der Waals surface area contributed by atoms with E-state index in [1.807, 2.05) is 24.3 Å². The van der Waals surface area contributed by atoms with Crippen LogP contribution in [-0.4, -0.2) is 7.11 Å². The van der Waals surface area contributed by atoms with Crippen LogP contribution in [0.1, 0.15) is 5.56 Å². The van der Waals surface area contributed by atoms with Crippen molar-refractivity contribution in [2.75, 3.05) is 12.4 Å². The molecule has 1 N–H and O–H groups in total. The van der Waals surface area contributed by atoms with Crippen molar-refractivity contribution in [2.24, 2.45) is 0 Å². The summed E-state index contributed by atoms with van der Waals surface area (Å²) >= 11 is 0. The SMILES string of the molecule is COc1ccccc1NCc1ccc2ccccc2c1. The Morgan fingerprint density at radius 1 is 0.850 bits per heavy atom. The monoisotopic (exact) mass is 263 g/mol. The van der Waals surface area contributed by atoms with E-state index in [-0.39, 0.29) is 0 Å². The van der Waals surface area contributed by atoms with Gasteiger partial charge in [0.05, 0.1) is 12.8 Å². The van der Waals surface area contributed by atoms with Gasteiger partial charge in [0.15, 0.2) is 0 Å². The number of methoxy groups -OCH3 is 1. The molecular formula is C18H17NO. The average molecular weight is 263 g/mol. The zero-order valence-corrected chi connectivity index (χ0v) is 11.5. The Bertz CT molecular complexity index is 721. The molecule has 0 unspecified atom stereocenters. The van der Waals surface area contributed by atoms with Crippen molar-refractivity contribution < 1.29 is 4.74 Å². The summed E-state index contributed by atoms with van der Waals surface area (Å²) in [6.45, 7) is 0.783. The first-order valence-corrected chi connectivity index (χ1v) is 6.71. The predicted octanol–water partition coefficient (Wildman–Crippen LogP) is 4.46. The molecule has 0 aromatic heterocycles. The minimum absolute atomic E-state index is 0.783. The van der Waals surface area contributed by atoms with Crippen molar-refractivity contribution in [1.29, 1.82) is 0 Å². The molecule has 0 saturated carbocycles. The van der Waals surface area contributed by atoms with Crippen molar-refractivity contribution in [3.63, 3.8) is 0 Å². The quantitative estimate of drug-likeness (QED) is 0.750. The van der Waals surface area contributed by atoms with E-state index in [0.29, 0.717) is 0 Å². The number of fused-ring (bicyclic) bond motifs is 1. The summed E-state index contributed by atoms with van der Waals surface area (Å²) < 4.78 is 5.34. The second-order valence-electron chi connectivity index (χ2n) is 4.74. The standard InChI is InChI=1S/C18H17NO/c1-20-18-9-5-4-8-17(18)19-13-14-10-11-15-6-2-3-7-16(15)12-14/h2-12,19H,13H2,1H3. The van der Waals surface area contributed by atoms with Gasteiger partial charge < -0.3 is 10.1 Å². The van der Waals surface area contributed by atoms with Crippen LogP contribution in [0.3, 0.4) is 0 Å². The van der Waals surface area contributed by atoms with Crippen LogP contribution in [0.15, 0.2) is 66.7 Å². The summed E-state index contributed by atoms with van der Waals surface area (Å²) in [6, 6.07) is 22.9. The lowest BCUT2D eigenvalue weighted by atomic mass is 10.1. The number of hydrogen-bond donors (Lipinski definition) is 1. The molecule has 3 aromatic rings. The Kier molecular flexibility index (Phi) is 3.55. The van der Waals surface area contributed by atoms with Crippen LogP contribution in [0.25, 0.3) is 10.8 Å². The topological polar surface area (TPSA) is 21.3 Å². The van der Waals surface area contributed by atoms with Gasteiger partial charge in [0.1, 0.15) is 5.75 Å². The normalized spacial score (nSPS) is 10.4. The van der Waals surface area contributed by atoms with E-state index in [1.165, 1.54) is 16.3 Å². The number of nitrogens with one attached hydrogen (secondary N) is 1. The molecule has 0 atom stereocenters. The molecule has 2 heteroatoms. The first-order valence-electron chi connectivity index (χ1n) is 6.71. The molecule has 0 spiro atoms. The molecule has 0 aliphatic heterocycles. The summed E-state index contributed by atoms with van der Waals surface area (Å²) in [4.78, 5) is 0. The van der Waals surface area contributed by atoms with E-state index < -0.39 is 0 Å². The first kappa shape index (κ1) is 12.5. The van der Waals surface area contributed by atoms with Gasteiger partial charge in [-0.3, -0.25) is 0 Å². The van der Waals surface area contributed by atoms with Gasteiger partial charge in [0, 0.05) is 6.54 Å². The fraction of sp³-hybridized carbons (Fsp3) is 0.111. The minimum atomic E-state index is 0.783. The largest absolute Gasteiger partial charge is 0.495 e. The summed E-state index contributed by atoms with van der Waals surface area (Å²) in [5.41, 5.74) is 2.28. The molecule has 3 aromatic carbocycles. The van der Waals surface area contributed by atoms with Crippen molar-refractivity contribution in [3.8, 4) is 5.75 Å². The van der Waals surface area contributed by atoms with Crippen LogP contribution < -0.4 is 10.1 Å². The maximum absolute atomic E-state index is 5.34. The van der Waals surface area contributed by atoms with Gasteiger partial charge in [0.2, 0.25) is 0 Å². The maximum atomic E-state index is 5.34. The molecule has 100 valence electrons. The van der Waals surface area contributed by atoms with Gasteiger partial charge in [-0.25, -0.2) is 0 Å². The molecule has 0 fully saturated rings. The lowest BCUT2D eigenvalue weighted by Gasteiger charge is -2.11. The zero-order valence-electron chi connectivity index (χ0n) is 11.5. The van der Waals surface area contributed by atoms with Crippen LogP contribution >= 0.6 is 0 Å². The lowest BCUT2D eigenvalue weighted by Crippen LogP contribution is -2.01. The average Bonchev–Trinajstić information content (AvgIpc) is 2.53. The fourth-order valence-corrected chi connectivity index (χ4v) is 2.34. The highest BCUT2D eigenvalue weighted by molar-refractivity contribution is 5.83. The van der Waals surface area contributed by atoms with Crippen LogP contribution in [0, 0.1) is 0 Å². The van der Waals surface area contributed by atoms with Gasteiger partial charge in [-0.1, -0.05) is 48.5 Å². The molecule has 0 aliphatic rings.